The van der Waals surface area contributed by atoms with Crippen molar-refractivity contribution in [2.75, 3.05) is 0 Å². The summed E-state index contributed by atoms with van der Waals surface area (Å²) in [4.78, 5) is 17.0. The van der Waals surface area contributed by atoms with Gasteiger partial charge in [-0.3, -0.25) is 9.78 Å². The third-order valence-electron chi connectivity index (χ3n) is 3.75. The summed E-state index contributed by atoms with van der Waals surface area (Å²) in [5.74, 6) is 0.308. The Kier molecular flexibility index (Phi) is 5.29. The van der Waals surface area contributed by atoms with Gasteiger partial charge in [0.15, 0.2) is 0 Å². The molecule has 0 saturated heterocycles. The van der Waals surface area contributed by atoms with Gasteiger partial charge >= 0.3 is 0 Å². The third-order valence-corrected chi connectivity index (χ3v) is 4.00. The first kappa shape index (κ1) is 16.3. The highest BCUT2D eigenvalue weighted by atomic mass is 35.5. The number of nitrogens with one attached hydrogen (secondary N) is 1. The molecule has 0 aliphatic rings. The maximum atomic E-state index is 12.7. The second kappa shape index (κ2) is 7.79. The largest absolute Gasteiger partial charge is 0.467 e. The number of halogens is 1. The van der Waals surface area contributed by atoms with Gasteiger partial charge in [-0.15, -0.1) is 0 Å². The predicted molar refractivity (Wildman–Crippen MR) is 92.7 cm³/mol. The van der Waals surface area contributed by atoms with E-state index in [2.05, 4.69) is 10.3 Å². The lowest BCUT2D eigenvalue weighted by Crippen LogP contribution is -2.30. The maximum absolute atomic E-state index is 12.7. The number of carbonyl (C=O) groups is 1. The Balaban J connectivity index is 1.78. The molecule has 1 unspecified atom stereocenters. The molecule has 3 aromatic rings. The summed E-state index contributed by atoms with van der Waals surface area (Å²) in [6.45, 7) is 0.359. The number of benzene rings is 1. The first-order valence-corrected chi connectivity index (χ1v) is 8.05. The lowest BCUT2D eigenvalue weighted by Gasteiger charge is -2.17. The van der Waals surface area contributed by atoms with Gasteiger partial charge < -0.3 is 9.73 Å². The number of nitrogens with zero attached hydrogens (tertiary/aromatic N) is 1. The van der Waals surface area contributed by atoms with Crippen molar-refractivity contribution in [3.63, 3.8) is 0 Å². The molecule has 0 radical (unpaired) electrons. The number of carbonyl (C=O) groups excluding carboxylic acids is 1. The molecule has 1 amide bonds. The highest BCUT2D eigenvalue weighted by Gasteiger charge is 2.21. The molecule has 0 aliphatic carbocycles. The fourth-order valence-electron chi connectivity index (χ4n) is 2.50. The summed E-state index contributed by atoms with van der Waals surface area (Å²) in [5.41, 5.74) is 1.77. The lowest BCUT2D eigenvalue weighted by atomic mass is 9.93. The molecule has 0 saturated carbocycles. The van der Waals surface area contributed by atoms with Crippen LogP contribution in [0.2, 0.25) is 5.02 Å². The fraction of sp³-hybridized carbons (Fsp3) is 0.158. The zero-order valence-electron chi connectivity index (χ0n) is 13.0. The molecule has 0 spiro atoms. The number of rotatable bonds is 6. The van der Waals surface area contributed by atoms with Crippen LogP contribution < -0.4 is 5.32 Å². The maximum Gasteiger partial charge on any atom is 0.228 e. The van der Waals surface area contributed by atoms with Crippen LogP contribution in [0.5, 0.6) is 0 Å². The number of aromatic nitrogens is 1. The molecule has 0 fully saturated rings. The van der Waals surface area contributed by atoms with E-state index in [0.29, 0.717) is 18.0 Å². The summed E-state index contributed by atoms with van der Waals surface area (Å²) in [5, 5.41) is 3.57. The van der Waals surface area contributed by atoms with Crippen LogP contribution in [0.3, 0.4) is 0 Å². The van der Waals surface area contributed by atoms with Crippen molar-refractivity contribution in [1.29, 1.82) is 0 Å². The Hall–Kier alpha value is -2.59. The van der Waals surface area contributed by atoms with E-state index in [9.17, 15) is 4.79 Å². The van der Waals surface area contributed by atoms with Crippen LogP contribution in [-0.2, 0) is 17.8 Å². The molecule has 0 aliphatic heterocycles. The zero-order chi connectivity index (χ0) is 16.8. The average molecular weight is 341 g/mol. The Bertz CT molecular complexity index is 771. The van der Waals surface area contributed by atoms with E-state index < -0.39 is 0 Å². The Labute approximate surface area is 145 Å². The SMILES string of the molecule is O=C(NCc1ccco1)C(Cc1ccccn1)c1ccc(Cl)cc1. The van der Waals surface area contributed by atoms with E-state index in [0.717, 1.165) is 17.0 Å². The predicted octanol–water partition coefficient (Wildman–Crippen LogP) is 3.97. The van der Waals surface area contributed by atoms with Crippen LogP contribution in [-0.4, -0.2) is 10.9 Å². The Morgan fingerprint density at radius 1 is 1.12 bits per heavy atom. The van der Waals surface area contributed by atoms with Gasteiger partial charge in [-0.2, -0.15) is 0 Å². The van der Waals surface area contributed by atoms with Crippen molar-refractivity contribution >= 4 is 17.5 Å². The van der Waals surface area contributed by atoms with Crippen molar-refractivity contribution in [3.8, 4) is 0 Å². The van der Waals surface area contributed by atoms with E-state index in [1.807, 2.05) is 36.4 Å². The second-order valence-electron chi connectivity index (χ2n) is 5.43. The Morgan fingerprint density at radius 3 is 2.62 bits per heavy atom. The molecular weight excluding hydrogens is 324 g/mol. The molecule has 0 bridgehead atoms. The van der Waals surface area contributed by atoms with Gasteiger partial charge in [-0.05, 0) is 42.0 Å². The third kappa shape index (κ3) is 4.24. The number of furan rings is 1. The van der Waals surface area contributed by atoms with Crippen molar-refractivity contribution < 1.29 is 9.21 Å². The summed E-state index contributed by atoms with van der Waals surface area (Å²) in [7, 11) is 0. The minimum atomic E-state index is -0.341. The molecule has 24 heavy (non-hydrogen) atoms. The summed E-state index contributed by atoms with van der Waals surface area (Å²) in [6, 6.07) is 16.7. The molecule has 1 atom stereocenters. The second-order valence-corrected chi connectivity index (χ2v) is 5.86. The van der Waals surface area contributed by atoms with Crippen molar-refractivity contribution in [1.82, 2.24) is 10.3 Å². The summed E-state index contributed by atoms with van der Waals surface area (Å²) in [6.07, 6.45) is 3.84. The first-order valence-electron chi connectivity index (χ1n) is 7.68. The summed E-state index contributed by atoms with van der Waals surface area (Å²) < 4.78 is 5.26. The molecule has 1 N–H and O–H groups in total. The van der Waals surface area contributed by atoms with Crippen LogP contribution >= 0.6 is 11.6 Å². The topological polar surface area (TPSA) is 55.1 Å². The van der Waals surface area contributed by atoms with E-state index in [4.69, 9.17) is 16.0 Å². The average Bonchev–Trinajstić information content (AvgIpc) is 3.13. The minimum absolute atomic E-state index is 0.0700. The molecule has 2 aromatic heterocycles. The van der Waals surface area contributed by atoms with Crippen LogP contribution in [0.25, 0.3) is 0 Å². The van der Waals surface area contributed by atoms with Gasteiger partial charge in [0.1, 0.15) is 5.76 Å². The Morgan fingerprint density at radius 2 is 1.96 bits per heavy atom. The minimum Gasteiger partial charge on any atom is -0.467 e. The smallest absolute Gasteiger partial charge is 0.228 e. The number of amides is 1. The van der Waals surface area contributed by atoms with Crippen LogP contribution in [0.4, 0.5) is 0 Å². The van der Waals surface area contributed by atoms with Gasteiger partial charge in [0.2, 0.25) is 5.91 Å². The first-order chi connectivity index (χ1) is 11.7. The lowest BCUT2D eigenvalue weighted by molar-refractivity contribution is -0.122. The van der Waals surface area contributed by atoms with Crippen LogP contribution in [0.15, 0.2) is 71.5 Å². The van der Waals surface area contributed by atoms with Crippen molar-refractivity contribution in [2.45, 2.75) is 18.9 Å². The van der Waals surface area contributed by atoms with E-state index in [1.54, 1.807) is 30.7 Å². The normalized spacial score (nSPS) is 11.9. The standard InChI is InChI=1S/C19H17ClN2O2/c20-15-8-6-14(7-9-15)18(12-16-4-1-2-10-21-16)19(23)22-13-17-5-3-11-24-17/h1-11,18H,12-13H2,(H,22,23). The van der Waals surface area contributed by atoms with E-state index in [1.165, 1.54) is 0 Å². The van der Waals surface area contributed by atoms with Gasteiger partial charge in [-0.25, -0.2) is 0 Å². The van der Waals surface area contributed by atoms with E-state index in [-0.39, 0.29) is 11.8 Å². The zero-order valence-corrected chi connectivity index (χ0v) is 13.7. The molecule has 2 heterocycles. The van der Waals surface area contributed by atoms with E-state index >= 15 is 0 Å². The highest BCUT2D eigenvalue weighted by molar-refractivity contribution is 6.30. The molecule has 5 heteroatoms. The number of hydrogen-bond acceptors (Lipinski definition) is 3. The van der Waals surface area contributed by atoms with Gasteiger partial charge in [0.05, 0.1) is 18.7 Å². The fourth-order valence-corrected chi connectivity index (χ4v) is 2.62. The van der Waals surface area contributed by atoms with Crippen molar-refractivity contribution in [3.05, 3.63) is 89.1 Å². The van der Waals surface area contributed by atoms with Gasteiger partial charge in [0, 0.05) is 23.3 Å². The monoisotopic (exact) mass is 340 g/mol. The molecule has 122 valence electrons. The molecule has 1 aromatic carbocycles. The summed E-state index contributed by atoms with van der Waals surface area (Å²) >= 11 is 5.96. The quantitative estimate of drug-likeness (QED) is 0.738. The molecule has 4 nitrogen and oxygen atoms in total. The van der Waals surface area contributed by atoms with Crippen LogP contribution in [0.1, 0.15) is 22.9 Å². The number of pyridine rings is 1. The van der Waals surface area contributed by atoms with Crippen molar-refractivity contribution in [2.24, 2.45) is 0 Å². The van der Waals surface area contributed by atoms with Crippen LogP contribution in [0, 0.1) is 0 Å². The number of hydrogen-bond donors (Lipinski definition) is 1. The highest BCUT2D eigenvalue weighted by Crippen LogP contribution is 2.22. The molecule has 3 rings (SSSR count). The molecular formula is C19H17ClN2O2. The van der Waals surface area contributed by atoms with Gasteiger partial charge in [0.25, 0.3) is 0 Å². The van der Waals surface area contributed by atoms with Gasteiger partial charge in [-0.1, -0.05) is 29.8 Å².